The van der Waals surface area contributed by atoms with Gasteiger partial charge >= 0.3 is 11.9 Å². The van der Waals surface area contributed by atoms with E-state index in [2.05, 4.69) is 6.58 Å². The molecule has 1 heterocycles. The van der Waals surface area contributed by atoms with E-state index in [0.717, 1.165) is 0 Å². The maximum Gasteiger partial charge on any atom is 0.336 e. The van der Waals surface area contributed by atoms with Gasteiger partial charge in [-0.25, -0.2) is 4.79 Å². The number of ketones is 1. The number of carbonyl (C=O) groups excluding carboxylic acids is 3. The normalized spacial score (nSPS) is 42.4. The van der Waals surface area contributed by atoms with Crippen molar-refractivity contribution < 1.29 is 29.0 Å². The molecular formula is C19H24O6. The largest absolute Gasteiger partial charge is 0.462 e. The molecule has 7 atom stereocenters. The number of aliphatic hydroxyl groups excluding tert-OH is 1. The Hall–Kier alpha value is -1.95. The van der Waals surface area contributed by atoms with Crippen LogP contribution < -0.4 is 0 Å². The molecule has 136 valence electrons. The first kappa shape index (κ1) is 17.9. The minimum absolute atomic E-state index is 0.0784. The van der Waals surface area contributed by atoms with Crippen LogP contribution in [0.15, 0.2) is 24.3 Å². The van der Waals surface area contributed by atoms with E-state index >= 15 is 0 Å². The standard InChI is InChI=1S/C19H24O6/c1-9-7-13-15(11(3)18(23)24-13)16(25-17(22)10(2)8-20)19(4)12(9)5-6-14(19)21/h5-6,9,11-13,15-16,20H,2,7-8H2,1,3-4H3/t9-,11+,12+,13-,15-,16+,19+/m1/s1. The Morgan fingerprint density at radius 1 is 1.44 bits per heavy atom. The summed E-state index contributed by atoms with van der Waals surface area (Å²) in [6, 6.07) is 0. The van der Waals surface area contributed by atoms with Gasteiger partial charge < -0.3 is 14.6 Å². The smallest absolute Gasteiger partial charge is 0.336 e. The summed E-state index contributed by atoms with van der Waals surface area (Å²) in [4.78, 5) is 37.2. The van der Waals surface area contributed by atoms with Gasteiger partial charge in [0.25, 0.3) is 0 Å². The van der Waals surface area contributed by atoms with E-state index in [9.17, 15) is 14.4 Å². The van der Waals surface area contributed by atoms with Gasteiger partial charge in [-0.2, -0.15) is 0 Å². The molecule has 0 radical (unpaired) electrons. The molecule has 0 amide bonds. The SMILES string of the molecule is C=C(CO)C(=O)O[C@H]1[C@@H]2[C@H](C)C(=O)O[C@@H]2C[C@@H](C)[C@@H]2C=CC(=O)[C@]21C. The van der Waals surface area contributed by atoms with Gasteiger partial charge in [-0.05, 0) is 31.3 Å². The van der Waals surface area contributed by atoms with Gasteiger partial charge in [0.2, 0.25) is 0 Å². The zero-order valence-corrected chi connectivity index (χ0v) is 14.7. The first-order valence-corrected chi connectivity index (χ1v) is 8.64. The Bertz CT molecular complexity index is 665. The van der Waals surface area contributed by atoms with Crippen LogP contribution in [0.1, 0.15) is 27.2 Å². The Balaban J connectivity index is 2.06. The van der Waals surface area contributed by atoms with Crippen LogP contribution in [-0.4, -0.2) is 41.6 Å². The van der Waals surface area contributed by atoms with Crippen molar-refractivity contribution in [2.75, 3.05) is 6.61 Å². The third-order valence-electron chi connectivity index (χ3n) is 6.20. The molecule has 0 aromatic rings. The predicted octanol–water partition coefficient (Wildman–Crippen LogP) is 1.43. The second-order valence-electron chi connectivity index (χ2n) is 7.67. The fourth-order valence-electron chi connectivity index (χ4n) is 4.70. The monoisotopic (exact) mass is 348 g/mol. The van der Waals surface area contributed by atoms with E-state index in [1.807, 2.05) is 13.0 Å². The Morgan fingerprint density at radius 2 is 2.12 bits per heavy atom. The van der Waals surface area contributed by atoms with E-state index in [-0.39, 0.29) is 35.3 Å². The van der Waals surface area contributed by atoms with Crippen LogP contribution in [0.3, 0.4) is 0 Å². The second kappa shape index (κ2) is 6.09. The number of carbonyl (C=O) groups is 3. The number of esters is 2. The maximum absolute atomic E-state index is 12.8. The van der Waals surface area contributed by atoms with Crippen LogP contribution in [-0.2, 0) is 23.9 Å². The Morgan fingerprint density at radius 3 is 2.76 bits per heavy atom. The van der Waals surface area contributed by atoms with Crippen molar-refractivity contribution in [3.8, 4) is 0 Å². The highest BCUT2D eigenvalue weighted by Gasteiger charge is 2.62. The molecule has 2 aliphatic carbocycles. The van der Waals surface area contributed by atoms with Gasteiger partial charge in [0.15, 0.2) is 5.78 Å². The molecule has 3 rings (SSSR count). The average molecular weight is 348 g/mol. The van der Waals surface area contributed by atoms with Crippen molar-refractivity contribution in [2.24, 2.45) is 29.1 Å². The second-order valence-corrected chi connectivity index (χ2v) is 7.67. The van der Waals surface area contributed by atoms with Gasteiger partial charge in [-0.3, -0.25) is 9.59 Å². The van der Waals surface area contributed by atoms with Gasteiger partial charge in [0.05, 0.1) is 23.5 Å². The molecule has 1 aliphatic heterocycles. The quantitative estimate of drug-likeness (QED) is 0.613. The summed E-state index contributed by atoms with van der Waals surface area (Å²) < 4.78 is 11.2. The molecule has 0 aromatic heterocycles. The minimum atomic E-state index is -0.952. The van der Waals surface area contributed by atoms with Gasteiger partial charge in [-0.1, -0.05) is 26.5 Å². The number of rotatable bonds is 3. The number of fused-ring (bicyclic) bond motifs is 2. The van der Waals surface area contributed by atoms with Crippen LogP contribution in [0.25, 0.3) is 0 Å². The summed E-state index contributed by atoms with van der Waals surface area (Å²) in [5, 5.41) is 9.16. The maximum atomic E-state index is 12.8. The summed E-state index contributed by atoms with van der Waals surface area (Å²) in [6.07, 6.45) is 2.84. The first-order chi connectivity index (χ1) is 11.7. The highest BCUT2D eigenvalue weighted by molar-refractivity contribution is 5.99. The van der Waals surface area contributed by atoms with Crippen LogP contribution in [0.5, 0.6) is 0 Å². The van der Waals surface area contributed by atoms with Crippen LogP contribution in [0.2, 0.25) is 0 Å². The van der Waals surface area contributed by atoms with Crippen molar-refractivity contribution in [3.63, 3.8) is 0 Å². The number of allylic oxidation sites excluding steroid dienone is 2. The van der Waals surface area contributed by atoms with E-state index in [1.165, 1.54) is 0 Å². The predicted molar refractivity (Wildman–Crippen MR) is 88.2 cm³/mol. The number of ether oxygens (including phenoxy) is 2. The van der Waals surface area contributed by atoms with Gasteiger partial charge in [0, 0.05) is 5.92 Å². The lowest BCUT2D eigenvalue weighted by Crippen LogP contribution is -2.50. The van der Waals surface area contributed by atoms with E-state index < -0.39 is 35.9 Å². The molecule has 1 saturated heterocycles. The third kappa shape index (κ3) is 2.54. The molecule has 1 N–H and O–H groups in total. The van der Waals surface area contributed by atoms with Crippen LogP contribution in [0, 0.1) is 29.1 Å². The highest BCUT2D eigenvalue weighted by atomic mass is 16.6. The first-order valence-electron chi connectivity index (χ1n) is 8.64. The van der Waals surface area contributed by atoms with Crippen molar-refractivity contribution in [1.82, 2.24) is 0 Å². The minimum Gasteiger partial charge on any atom is -0.462 e. The molecule has 3 aliphatic rings. The van der Waals surface area contributed by atoms with E-state index in [0.29, 0.717) is 6.42 Å². The molecule has 0 unspecified atom stereocenters. The molecule has 25 heavy (non-hydrogen) atoms. The molecule has 0 bridgehead atoms. The summed E-state index contributed by atoms with van der Waals surface area (Å²) in [7, 11) is 0. The highest BCUT2D eigenvalue weighted by Crippen LogP contribution is 2.54. The molecule has 2 fully saturated rings. The third-order valence-corrected chi connectivity index (χ3v) is 6.20. The van der Waals surface area contributed by atoms with Gasteiger partial charge in [0.1, 0.15) is 12.2 Å². The van der Waals surface area contributed by atoms with Crippen molar-refractivity contribution in [1.29, 1.82) is 0 Å². The van der Waals surface area contributed by atoms with Crippen molar-refractivity contribution >= 4 is 17.7 Å². The summed E-state index contributed by atoms with van der Waals surface area (Å²) in [6.45, 7) is 8.55. The van der Waals surface area contributed by atoms with Crippen LogP contribution in [0.4, 0.5) is 0 Å². The lowest BCUT2D eigenvalue weighted by atomic mass is 9.66. The number of hydrogen-bond acceptors (Lipinski definition) is 6. The zero-order valence-electron chi connectivity index (χ0n) is 14.7. The van der Waals surface area contributed by atoms with Crippen molar-refractivity contribution in [2.45, 2.75) is 39.4 Å². The lowest BCUT2D eigenvalue weighted by Gasteiger charge is -2.40. The summed E-state index contributed by atoms with van der Waals surface area (Å²) in [5.41, 5.74) is -1.03. The Labute approximate surface area is 146 Å². The summed E-state index contributed by atoms with van der Waals surface area (Å²) >= 11 is 0. The van der Waals surface area contributed by atoms with Gasteiger partial charge in [-0.15, -0.1) is 0 Å². The van der Waals surface area contributed by atoms with E-state index in [4.69, 9.17) is 14.6 Å². The molecular weight excluding hydrogens is 324 g/mol. The molecule has 1 saturated carbocycles. The molecule has 0 spiro atoms. The van der Waals surface area contributed by atoms with Crippen LogP contribution >= 0.6 is 0 Å². The molecule has 6 nitrogen and oxygen atoms in total. The fraction of sp³-hybridized carbons (Fsp3) is 0.632. The number of aliphatic hydroxyl groups is 1. The fourth-order valence-corrected chi connectivity index (χ4v) is 4.70. The average Bonchev–Trinajstić information content (AvgIpc) is 2.99. The number of hydrogen-bond donors (Lipinski definition) is 1. The van der Waals surface area contributed by atoms with E-state index in [1.54, 1.807) is 19.9 Å². The topological polar surface area (TPSA) is 89.9 Å². The lowest BCUT2D eigenvalue weighted by molar-refractivity contribution is -0.163. The Kier molecular flexibility index (Phi) is 4.35. The van der Waals surface area contributed by atoms with Crippen molar-refractivity contribution in [3.05, 3.63) is 24.3 Å². The molecule has 6 heteroatoms. The molecule has 0 aromatic carbocycles. The summed E-state index contributed by atoms with van der Waals surface area (Å²) in [5.74, 6) is -2.05. The zero-order chi connectivity index (χ0) is 18.5.